The van der Waals surface area contributed by atoms with Gasteiger partial charge < -0.3 is 4.98 Å². The van der Waals surface area contributed by atoms with E-state index in [9.17, 15) is 4.79 Å². The third-order valence-electron chi connectivity index (χ3n) is 1.96. The first-order valence-corrected chi connectivity index (χ1v) is 4.99. The fourth-order valence-electron chi connectivity index (χ4n) is 1.36. The highest BCUT2D eigenvalue weighted by atomic mass is 79.9. The lowest BCUT2D eigenvalue weighted by Gasteiger charge is -1.89. The normalized spacial score (nSPS) is 11.2. The van der Waals surface area contributed by atoms with Gasteiger partial charge in [0.1, 0.15) is 6.29 Å². The maximum absolute atomic E-state index is 10.1. The van der Waals surface area contributed by atoms with Crippen LogP contribution < -0.4 is 0 Å². The molecule has 1 N–H and O–H groups in total. The van der Waals surface area contributed by atoms with E-state index in [1.807, 2.05) is 24.3 Å². The Labute approximate surface area is 89.8 Å². The second-order valence-electron chi connectivity index (χ2n) is 2.95. The molecule has 0 spiro atoms. The summed E-state index contributed by atoms with van der Waals surface area (Å²) in [7, 11) is 0. The van der Waals surface area contributed by atoms with Crippen molar-refractivity contribution in [1.29, 1.82) is 0 Å². The molecule has 0 saturated carbocycles. The van der Waals surface area contributed by atoms with Crippen molar-refractivity contribution < 1.29 is 4.79 Å². The Morgan fingerprint density at radius 2 is 2.14 bits per heavy atom. The van der Waals surface area contributed by atoms with E-state index in [-0.39, 0.29) is 0 Å². The number of carbonyl (C=O) groups excluding carboxylic acids is 1. The molecule has 0 aliphatic carbocycles. The van der Waals surface area contributed by atoms with Gasteiger partial charge in [-0.1, -0.05) is 15.9 Å². The van der Waals surface area contributed by atoms with E-state index in [1.54, 1.807) is 6.08 Å². The summed E-state index contributed by atoms with van der Waals surface area (Å²) in [5.74, 6) is 0. The Morgan fingerprint density at radius 1 is 1.29 bits per heavy atom. The highest BCUT2D eigenvalue weighted by Crippen LogP contribution is 2.20. The van der Waals surface area contributed by atoms with Crippen molar-refractivity contribution in [2.45, 2.75) is 0 Å². The number of nitrogens with one attached hydrogen (secondary N) is 1. The molecule has 0 aliphatic heterocycles. The first kappa shape index (κ1) is 9.21. The minimum absolute atomic E-state index is 0.765. The average Bonchev–Trinajstić information content (AvgIpc) is 2.56. The van der Waals surface area contributed by atoms with Crippen molar-refractivity contribution >= 4 is 39.2 Å². The number of fused-ring (bicyclic) bond motifs is 1. The third kappa shape index (κ3) is 1.77. The maximum Gasteiger partial charge on any atom is 0.142 e. The van der Waals surface area contributed by atoms with Gasteiger partial charge in [0.15, 0.2) is 0 Å². The fourth-order valence-corrected chi connectivity index (χ4v) is 1.74. The van der Waals surface area contributed by atoms with Crippen LogP contribution in [0.1, 0.15) is 5.69 Å². The van der Waals surface area contributed by atoms with E-state index >= 15 is 0 Å². The summed E-state index contributed by atoms with van der Waals surface area (Å²) in [5, 5.41) is 1.13. The number of rotatable bonds is 2. The molecule has 1 aromatic heterocycles. The number of aromatic nitrogens is 1. The van der Waals surface area contributed by atoms with Crippen LogP contribution >= 0.6 is 15.9 Å². The summed E-state index contributed by atoms with van der Waals surface area (Å²) in [6.45, 7) is 0. The molecule has 0 amide bonds. The molecule has 0 bridgehead atoms. The zero-order valence-electron chi connectivity index (χ0n) is 7.33. The zero-order chi connectivity index (χ0) is 9.97. The molecule has 0 fully saturated rings. The Hall–Kier alpha value is -1.35. The van der Waals surface area contributed by atoms with Crippen LogP contribution in [0.15, 0.2) is 34.8 Å². The highest BCUT2D eigenvalue weighted by Gasteiger charge is 1.97. The van der Waals surface area contributed by atoms with E-state index in [2.05, 4.69) is 20.9 Å². The van der Waals surface area contributed by atoms with Gasteiger partial charge in [0.25, 0.3) is 0 Å². The Morgan fingerprint density at radius 3 is 2.93 bits per heavy atom. The first-order valence-electron chi connectivity index (χ1n) is 4.20. The summed E-state index contributed by atoms with van der Waals surface area (Å²) in [5.41, 5.74) is 2.00. The Kier molecular flexibility index (Phi) is 2.50. The van der Waals surface area contributed by atoms with Gasteiger partial charge in [0, 0.05) is 21.1 Å². The van der Waals surface area contributed by atoms with Gasteiger partial charge in [-0.25, -0.2) is 0 Å². The van der Waals surface area contributed by atoms with Crippen LogP contribution in [0, 0.1) is 0 Å². The largest absolute Gasteiger partial charge is 0.355 e. The van der Waals surface area contributed by atoms with E-state index in [1.165, 1.54) is 6.08 Å². The van der Waals surface area contributed by atoms with Crippen LogP contribution in [-0.2, 0) is 4.79 Å². The SMILES string of the molecule is O=C/C=C/c1cc2cc(Br)ccc2[nH]1. The van der Waals surface area contributed by atoms with Gasteiger partial charge in [-0.2, -0.15) is 0 Å². The van der Waals surface area contributed by atoms with Gasteiger partial charge in [-0.3, -0.25) is 4.79 Å². The molecule has 2 aromatic rings. The monoisotopic (exact) mass is 249 g/mol. The number of aromatic amines is 1. The average molecular weight is 250 g/mol. The molecule has 0 saturated heterocycles. The minimum Gasteiger partial charge on any atom is -0.355 e. The van der Waals surface area contributed by atoms with Gasteiger partial charge in [-0.05, 0) is 36.4 Å². The smallest absolute Gasteiger partial charge is 0.142 e. The van der Waals surface area contributed by atoms with Gasteiger partial charge >= 0.3 is 0 Å². The zero-order valence-corrected chi connectivity index (χ0v) is 8.91. The number of benzene rings is 1. The molecule has 1 heterocycles. The van der Waals surface area contributed by atoms with Crippen molar-refractivity contribution in [2.75, 3.05) is 0 Å². The maximum atomic E-state index is 10.1. The van der Waals surface area contributed by atoms with E-state index in [0.717, 1.165) is 27.4 Å². The second-order valence-corrected chi connectivity index (χ2v) is 3.87. The van der Waals surface area contributed by atoms with Crippen molar-refractivity contribution in [3.8, 4) is 0 Å². The second kappa shape index (κ2) is 3.80. The van der Waals surface area contributed by atoms with Crippen molar-refractivity contribution in [2.24, 2.45) is 0 Å². The van der Waals surface area contributed by atoms with Crippen molar-refractivity contribution in [3.63, 3.8) is 0 Å². The van der Waals surface area contributed by atoms with Crippen LogP contribution in [0.25, 0.3) is 17.0 Å². The number of halogens is 1. The standard InChI is InChI=1S/C11H8BrNO/c12-9-3-4-11-8(6-9)7-10(13-11)2-1-5-14/h1-7,13H/b2-1+. The topological polar surface area (TPSA) is 32.9 Å². The summed E-state index contributed by atoms with van der Waals surface area (Å²) in [6, 6.07) is 8.01. The molecule has 0 unspecified atom stereocenters. The van der Waals surface area contributed by atoms with Crippen LogP contribution in [0.5, 0.6) is 0 Å². The molecule has 1 aromatic carbocycles. The van der Waals surface area contributed by atoms with Crippen LogP contribution in [-0.4, -0.2) is 11.3 Å². The highest BCUT2D eigenvalue weighted by molar-refractivity contribution is 9.10. The van der Waals surface area contributed by atoms with Crippen LogP contribution in [0.2, 0.25) is 0 Å². The number of aldehydes is 1. The molecule has 0 atom stereocenters. The third-order valence-corrected chi connectivity index (χ3v) is 2.45. The van der Waals surface area contributed by atoms with Crippen LogP contribution in [0.4, 0.5) is 0 Å². The first-order chi connectivity index (χ1) is 6.79. The summed E-state index contributed by atoms with van der Waals surface area (Å²) >= 11 is 3.41. The number of H-pyrrole nitrogens is 1. The van der Waals surface area contributed by atoms with E-state index in [0.29, 0.717) is 0 Å². The lowest BCUT2D eigenvalue weighted by Crippen LogP contribution is -1.69. The molecule has 2 nitrogen and oxygen atoms in total. The van der Waals surface area contributed by atoms with E-state index < -0.39 is 0 Å². The minimum atomic E-state index is 0.765. The number of allylic oxidation sites excluding steroid dienone is 1. The van der Waals surface area contributed by atoms with E-state index in [4.69, 9.17) is 0 Å². The molecular weight excluding hydrogens is 242 g/mol. The molecule has 2 rings (SSSR count). The molecule has 0 radical (unpaired) electrons. The lowest BCUT2D eigenvalue weighted by atomic mass is 10.2. The lowest BCUT2D eigenvalue weighted by molar-refractivity contribution is -0.104. The van der Waals surface area contributed by atoms with Crippen molar-refractivity contribution in [3.05, 3.63) is 40.5 Å². The van der Waals surface area contributed by atoms with Crippen molar-refractivity contribution in [1.82, 2.24) is 4.98 Å². The van der Waals surface area contributed by atoms with Gasteiger partial charge in [0.05, 0.1) is 0 Å². The molecule has 14 heavy (non-hydrogen) atoms. The number of hydrogen-bond donors (Lipinski definition) is 1. The van der Waals surface area contributed by atoms with Crippen LogP contribution in [0.3, 0.4) is 0 Å². The fraction of sp³-hybridized carbons (Fsp3) is 0. The summed E-state index contributed by atoms with van der Waals surface area (Å²) < 4.78 is 1.05. The molecular formula is C11H8BrNO. The molecule has 3 heteroatoms. The number of carbonyl (C=O) groups is 1. The summed E-state index contributed by atoms with van der Waals surface area (Å²) in [6.07, 6.45) is 3.99. The predicted octanol–water partition coefficient (Wildman–Crippen LogP) is 3.14. The van der Waals surface area contributed by atoms with Gasteiger partial charge in [-0.15, -0.1) is 0 Å². The van der Waals surface area contributed by atoms with Gasteiger partial charge in [0.2, 0.25) is 0 Å². The quantitative estimate of drug-likeness (QED) is 0.644. The molecule has 70 valence electrons. The Balaban J connectivity index is 2.51. The molecule has 0 aliphatic rings. The Bertz CT molecular complexity index is 499. The predicted molar refractivity (Wildman–Crippen MR) is 61.1 cm³/mol. The summed E-state index contributed by atoms with van der Waals surface area (Å²) in [4.78, 5) is 13.3. The number of hydrogen-bond acceptors (Lipinski definition) is 1.